The van der Waals surface area contributed by atoms with Crippen LogP contribution in [0.3, 0.4) is 0 Å². The van der Waals surface area contributed by atoms with E-state index in [1.54, 1.807) is 11.8 Å². The maximum atomic E-state index is 12.3. The Balaban J connectivity index is 1.58. The molecule has 0 unspecified atom stereocenters. The Morgan fingerprint density at radius 1 is 0.909 bits per heavy atom. The second kappa shape index (κ2) is 7.64. The van der Waals surface area contributed by atoms with Gasteiger partial charge in [-0.05, 0) is 36.5 Å². The van der Waals surface area contributed by atoms with Gasteiger partial charge >= 0.3 is 0 Å². The fraction of sp³-hybridized carbons (Fsp3) is 0.350. The summed E-state index contributed by atoms with van der Waals surface area (Å²) in [5.74, 6) is 1.42. The first-order valence-electron chi connectivity index (χ1n) is 8.14. The third-order valence-electron chi connectivity index (χ3n) is 4.42. The summed E-state index contributed by atoms with van der Waals surface area (Å²) >= 11 is 1.61. The van der Waals surface area contributed by atoms with Crippen molar-refractivity contribution in [3.8, 4) is 0 Å². The van der Waals surface area contributed by atoms with Crippen molar-refractivity contribution < 1.29 is 4.79 Å². The largest absolute Gasteiger partial charge is 0.293 e. The van der Waals surface area contributed by atoms with Crippen LogP contribution >= 0.6 is 11.8 Å². The molecule has 1 saturated carbocycles. The van der Waals surface area contributed by atoms with Crippen LogP contribution in [0.25, 0.3) is 0 Å². The van der Waals surface area contributed by atoms with Gasteiger partial charge in [0.1, 0.15) is 0 Å². The molecule has 22 heavy (non-hydrogen) atoms. The van der Waals surface area contributed by atoms with E-state index in [9.17, 15) is 4.79 Å². The first kappa shape index (κ1) is 15.4. The van der Waals surface area contributed by atoms with Crippen molar-refractivity contribution in [2.75, 3.05) is 5.75 Å². The highest BCUT2D eigenvalue weighted by Gasteiger charge is 2.15. The quantitative estimate of drug-likeness (QED) is 0.520. The maximum absolute atomic E-state index is 12.3. The third-order valence-corrected chi connectivity index (χ3v) is 5.43. The summed E-state index contributed by atoms with van der Waals surface area (Å²) in [7, 11) is 0. The summed E-state index contributed by atoms with van der Waals surface area (Å²) in [5.41, 5.74) is 2.25. The van der Waals surface area contributed by atoms with Crippen molar-refractivity contribution in [1.29, 1.82) is 0 Å². The number of ketones is 1. The molecular formula is C20H22OS. The van der Waals surface area contributed by atoms with E-state index in [0.29, 0.717) is 11.7 Å². The summed E-state index contributed by atoms with van der Waals surface area (Å²) < 4.78 is 0. The van der Waals surface area contributed by atoms with Gasteiger partial charge in [-0.2, -0.15) is 0 Å². The Labute approximate surface area is 137 Å². The highest BCUT2D eigenvalue weighted by molar-refractivity contribution is 8.00. The highest BCUT2D eigenvalue weighted by Crippen LogP contribution is 2.32. The number of Topliss-reactive ketones (excluding diaryl/α,β-unsaturated/α-hetero) is 1. The Morgan fingerprint density at radius 3 is 2.27 bits per heavy atom. The monoisotopic (exact) mass is 310 g/mol. The van der Waals surface area contributed by atoms with E-state index in [1.165, 1.54) is 37.7 Å². The van der Waals surface area contributed by atoms with E-state index < -0.39 is 0 Å². The molecule has 1 fully saturated rings. The first-order valence-corrected chi connectivity index (χ1v) is 9.12. The van der Waals surface area contributed by atoms with E-state index in [-0.39, 0.29) is 5.78 Å². The predicted molar refractivity (Wildman–Crippen MR) is 93.8 cm³/mol. The molecule has 1 aliphatic rings. The van der Waals surface area contributed by atoms with E-state index >= 15 is 0 Å². The average molecular weight is 310 g/mol. The van der Waals surface area contributed by atoms with Gasteiger partial charge < -0.3 is 0 Å². The molecule has 2 heteroatoms. The van der Waals surface area contributed by atoms with E-state index in [2.05, 4.69) is 12.1 Å². The van der Waals surface area contributed by atoms with Crippen LogP contribution in [0.2, 0.25) is 0 Å². The molecule has 0 atom stereocenters. The van der Waals surface area contributed by atoms with Crippen LogP contribution in [0.15, 0.2) is 59.5 Å². The SMILES string of the molecule is O=C(CSc1ccccc1)c1ccc(C2CCCCC2)cc1. The van der Waals surface area contributed by atoms with Gasteiger partial charge in [-0.1, -0.05) is 61.7 Å². The Morgan fingerprint density at radius 2 is 1.59 bits per heavy atom. The minimum absolute atomic E-state index is 0.212. The van der Waals surface area contributed by atoms with Gasteiger partial charge in [0, 0.05) is 10.5 Å². The lowest BCUT2D eigenvalue weighted by atomic mass is 9.84. The molecule has 0 spiro atoms. The minimum atomic E-state index is 0.212. The fourth-order valence-corrected chi connectivity index (χ4v) is 3.94. The van der Waals surface area contributed by atoms with Gasteiger partial charge in [0.25, 0.3) is 0 Å². The number of carbonyl (C=O) groups excluding carboxylic acids is 1. The molecule has 0 radical (unpaired) electrons. The molecule has 2 aromatic carbocycles. The smallest absolute Gasteiger partial charge is 0.173 e. The van der Waals surface area contributed by atoms with Crippen LogP contribution in [-0.4, -0.2) is 11.5 Å². The van der Waals surface area contributed by atoms with E-state index in [1.807, 2.05) is 42.5 Å². The molecule has 0 bridgehead atoms. The van der Waals surface area contributed by atoms with Crippen LogP contribution in [0.1, 0.15) is 53.9 Å². The fourth-order valence-electron chi connectivity index (χ4n) is 3.13. The number of hydrogen-bond acceptors (Lipinski definition) is 2. The van der Waals surface area contributed by atoms with Crippen LogP contribution in [0.5, 0.6) is 0 Å². The Bertz CT molecular complexity index is 597. The molecule has 1 aliphatic carbocycles. The molecule has 0 saturated heterocycles. The normalized spacial score (nSPS) is 15.6. The molecule has 3 rings (SSSR count). The van der Waals surface area contributed by atoms with Crippen molar-refractivity contribution in [2.45, 2.75) is 42.9 Å². The highest BCUT2D eigenvalue weighted by atomic mass is 32.2. The van der Waals surface area contributed by atoms with Crippen molar-refractivity contribution >= 4 is 17.5 Å². The van der Waals surface area contributed by atoms with Crippen LogP contribution in [0, 0.1) is 0 Å². The molecule has 0 N–H and O–H groups in total. The topological polar surface area (TPSA) is 17.1 Å². The van der Waals surface area contributed by atoms with Gasteiger partial charge in [0.15, 0.2) is 5.78 Å². The summed E-state index contributed by atoms with van der Waals surface area (Å²) in [5, 5.41) is 0. The number of rotatable bonds is 5. The van der Waals surface area contributed by atoms with Crippen LogP contribution in [0.4, 0.5) is 0 Å². The molecule has 2 aromatic rings. The average Bonchev–Trinajstić information content (AvgIpc) is 2.61. The number of benzene rings is 2. The molecular weight excluding hydrogens is 288 g/mol. The van der Waals surface area contributed by atoms with Gasteiger partial charge in [0.2, 0.25) is 0 Å². The zero-order chi connectivity index (χ0) is 15.2. The number of carbonyl (C=O) groups is 1. The number of thioether (sulfide) groups is 1. The minimum Gasteiger partial charge on any atom is -0.293 e. The summed E-state index contributed by atoms with van der Waals surface area (Å²) in [4.78, 5) is 13.4. The van der Waals surface area contributed by atoms with Crippen molar-refractivity contribution in [3.63, 3.8) is 0 Å². The maximum Gasteiger partial charge on any atom is 0.173 e. The Kier molecular flexibility index (Phi) is 5.33. The zero-order valence-corrected chi connectivity index (χ0v) is 13.6. The summed E-state index contributed by atoms with van der Waals surface area (Å²) in [6.07, 6.45) is 6.68. The van der Waals surface area contributed by atoms with Gasteiger partial charge in [0.05, 0.1) is 5.75 Å². The van der Waals surface area contributed by atoms with Gasteiger partial charge in [-0.25, -0.2) is 0 Å². The van der Waals surface area contributed by atoms with E-state index in [4.69, 9.17) is 0 Å². The molecule has 0 heterocycles. The lowest BCUT2D eigenvalue weighted by molar-refractivity contribution is 0.102. The lowest BCUT2D eigenvalue weighted by Gasteiger charge is -2.22. The van der Waals surface area contributed by atoms with Crippen molar-refractivity contribution in [3.05, 3.63) is 65.7 Å². The van der Waals surface area contributed by atoms with Gasteiger partial charge in [-0.3, -0.25) is 4.79 Å². The summed E-state index contributed by atoms with van der Waals surface area (Å²) in [6.45, 7) is 0. The standard InChI is InChI=1S/C20H22OS/c21-20(15-22-19-9-5-2-6-10-19)18-13-11-17(12-14-18)16-7-3-1-4-8-16/h2,5-6,9-14,16H,1,3-4,7-8,15H2. The second-order valence-corrected chi connectivity index (χ2v) is 7.03. The van der Waals surface area contributed by atoms with Crippen molar-refractivity contribution in [2.24, 2.45) is 0 Å². The lowest BCUT2D eigenvalue weighted by Crippen LogP contribution is -2.06. The van der Waals surface area contributed by atoms with E-state index in [0.717, 1.165) is 10.5 Å². The predicted octanol–water partition coefficient (Wildman–Crippen LogP) is 5.71. The first-order chi connectivity index (χ1) is 10.8. The Hall–Kier alpha value is -1.54. The summed E-state index contributed by atoms with van der Waals surface area (Å²) in [6, 6.07) is 18.4. The zero-order valence-electron chi connectivity index (χ0n) is 12.8. The number of hydrogen-bond donors (Lipinski definition) is 0. The molecule has 0 aromatic heterocycles. The molecule has 114 valence electrons. The van der Waals surface area contributed by atoms with Crippen molar-refractivity contribution in [1.82, 2.24) is 0 Å². The van der Waals surface area contributed by atoms with Crippen LogP contribution in [-0.2, 0) is 0 Å². The second-order valence-electron chi connectivity index (χ2n) is 5.98. The van der Waals surface area contributed by atoms with Crippen LogP contribution < -0.4 is 0 Å². The van der Waals surface area contributed by atoms with Gasteiger partial charge in [-0.15, -0.1) is 11.8 Å². The molecule has 0 amide bonds. The molecule has 0 aliphatic heterocycles. The molecule has 1 nitrogen and oxygen atoms in total. The third kappa shape index (κ3) is 4.01.